The third-order valence-electron chi connectivity index (χ3n) is 6.60. The number of carbonyl (C=O) groups excluding carboxylic acids is 1. The molecule has 1 aromatic carbocycles. The van der Waals surface area contributed by atoms with Crippen molar-refractivity contribution in [2.75, 3.05) is 31.2 Å². The van der Waals surface area contributed by atoms with Gasteiger partial charge in [-0.3, -0.25) is 4.79 Å². The first-order valence-electron chi connectivity index (χ1n) is 10.7. The second-order valence-corrected chi connectivity index (χ2v) is 11.5. The number of benzene rings is 1. The maximum Gasteiger partial charge on any atom is 0.243 e. The predicted molar refractivity (Wildman–Crippen MR) is 117 cm³/mol. The summed E-state index contributed by atoms with van der Waals surface area (Å²) in [6, 6.07) is 6.25. The molecule has 1 saturated carbocycles. The number of piperidine rings is 1. The van der Waals surface area contributed by atoms with Gasteiger partial charge >= 0.3 is 0 Å². The van der Waals surface area contributed by atoms with Gasteiger partial charge in [0.15, 0.2) is 0 Å². The zero-order chi connectivity index (χ0) is 20.4. The van der Waals surface area contributed by atoms with E-state index in [1.807, 2.05) is 6.07 Å². The highest BCUT2D eigenvalue weighted by atomic mass is 32.2. The van der Waals surface area contributed by atoms with Crippen molar-refractivity contribution in [2.24, 2.45) is 0 Å². The van der Waals surface area contributed by atoms with Crippen LogP contribution in [0, 0.1) is 0 Å². The molecule has 6 nitrogen and oxygen atoms in total. The van der Waals surface area contributed by atoms with Gasteiger partial charge in [-0.1, -0.05) is 19.3 Å². The van der Waals surface area contributed by atoms with Crippen LogP contribution in [0.5, 0.6) is 0 Å². The topological polar surface area (TPSA) is 69.7 Å². The number of sulfonamides is 1. The molecular formula is C21H31N3O3S2. The number of carbonyl (C=O) groups is 1. The molecule has 0 unspecified atom stereocenters. The molecule has 1 amide bonds. The monoisotopic (exact) mass is 437 g/mol. The Morgan fingerprint density at radius 2 is 1.76 bits per heavy atom. The molecule has 2 heterocycles. The number of hydrogen-bond acceptors (Lipinski definition) is 5. The van der Waals surface area contributed by atoms with Crippen molar-refractivity contribution in [3.05, 3.63) is 18.2 Å². The van der Waals surface area contributed by atoms with Gasteiger partial charge in [-0.15, -0.1) is 11.8 Å². The van der Waals surface area contributed by atoms with Crippen LogP contribution >= 0.6 is 11.8 Å². The van der Waals surface area contributed by atoms with Gasteiger partial charge in [0.05, 0.1) is 10.6 Å². The standard InChI is InChI=1S/C21H31N3O3S2/c1-23(16-5-3-2-4-6-16)17-9-12-24(13-10-17)29(26,27)18-7-8-20-19(15-18)22-21(25)11-14-28-20/h7-8,15-17H,2-6,9-14H2,1H3,(H,22,25). The predicted octanol–water partition coefficient (Wildman–Crippen LogP) is 3.54. The summed E-state index contributed by atoms with van der Waals surface area (Å²) in [5.74, 6) is 0.657. The molecule has 1 N–H and O–H groups in total. The second-order valence-electron chi connectivity index (χ2n) is 8.40. The highest BCUT2D eigenvalue weighted by Crippen LogP contribution is 2.34. The Hall–Kier alpha value is -1.09. The molecule has 4 rings (SSSR count). The molecule has 0 atom stereocenters. The Labute approximate surface area is 178 Å². The van der Waals surface area contributed by atoms with Gasteiger partial charge in [-0.25, -0.2) is 8.42 Å². The number of nitrogens with zero attached hydrogens (tertiary/aromatic N) is 2. The highest BCUT2D eigenvalue weighted by molar-refractivity contribution is 7.99. The molecule has 29 heavy (non-hydrogen) atoms. The van der Waals surface area contributed by atoms with Gasteiger partial charge in [0.2, 0.25) is 15.9 Å². The van der Waals surface area contributed by atoms with Crippen LogP contribution in [-0.2, 0) is 14.8 Å². The van der Waals surface area contributed by atoms with Crippen LogP contribution in [0.4, 0.5) is 5.69 Å². The van der Waals surface area contributed by atoms with E-state index in [0.29, 0.717) is 43.0 Å². The van der Waals surface area contributed by atoms with Crippen LogP contribution in [0.25, 0.3) is 0 Å². The lowest BCUT2D eigenvalue weighted by atomic mass is 9.92. The van der Waals surface area contributed by atoms with Crippen LogP contribution in [-0.4, -0.2) is 61.5 Å². The fourth-order valence-corrected chi connectivity index (χ4v) is 7.22. The van der Waals surface area contributed by atoms with E-state index in [2.05, 4.69) is 17.3 Å². The summed E-state index contributed by atoms with van der Waals surface area (Å²) < 4.78 is 28.0. The highest BCUT2D eigenvalue weighted by Gasteiger charge is 2.33. The average Bonchev–Trinajstić information content (AvgIpc) is 2.93. The number of amides is 1. The van der Waals surface area contributed by atoms with Crippen molar-refractivity contribution < 1.29 is 13.2 Å². The molecule has 2 aliphatic heterocycles. The Morgan fingerprint density at radius 3 is 2.48 bits per heavy atom. The Bertz CT molecular complexity index is 845. The van der Waals surface area contributed by atoms with E-state index in [-0.39, 0.29) is 10.8 Å². The smallest absolute Gasteiger partial charge is 0.243 e. The first kappa shape index (κ1) is 21.2. The van der Waals surface area contributed by atoms with E-state index in [1.54, 1.807) is 28.2 Å². The lowest BCUT2D eigenvalue weighted by Crippen LogP contribution is -2.48. The molecule has 8 heteroatoms. The van der Waals surface area contributed by atoms with Gasteiger partial charge in [-0.2, -0.15) is 4.31 Å². The van der Waals surface area contributed by atoms with Gasteiger partial charge in [-0.05, 0) is 50.9 Å². The number of anilines is 1. The number of nitrogens with one attached hydrogen (secondary N) is 1. The molecule has 0 radical (unpaired) electrons. The van der Waals surface area contributed by atoms with Crippen LogP contribution in [0.2, 0.25) is 0 Å². The van der Waals surface area contributed by atoms with Crippen molar-refractivity contribution in [1.82, 2.24) is 9.21 Å². The maximum atomic E-state index is 13.2. The summed E-state index contributed by atoms with van der Waals surface area (Å²) in [5, 5.41) is 2.85. The minimum atomic E-state index is -3.54. The van der Waals surface area contributed by atoms with Crippen LogP contribution in [0.1, 0.15) is 51.4 Å². The number of thioether (sulfide) groups is 1. The molecule has 1 aromatic rings. The number of fused-ring (bicyclic) bond motifs is 1. The summed E-state index contributed by atoms with van der Waals surface area (Å²) in [5.41, 5.74) is 0.616. The summed E-state index contributed by atoms with van der Waals surface area (Å²) in [7, 11) is -1.32. The number of rotatable bonds is 4. The molecular weight excluding hydrogens is 406 g/mol. The quantitative estimate of drug-likeness (QED) is 0.780. The minimum absolute atomic E-state index is 0.0580. The maximum absolute atomic E-state index is 13.2. The van der Waals surface area contributed by atoms with Crippen molar-refractivity contribution in [2.45, 2.75) is 73.2 Å². The fraction of sp³-hybridized carbons (Fsp3) is 0.667. The Morgan fingerprint density at radius 1 is 1.07 bits per heavy atom. The molecule has 1 saturated heterocycles. The van der Waals surface area contributed by atoms with Crippen LogP contribution in [0.3, 0.4) is 0 Å². The molecule has 0 spiro atoms. The lowest BCUT2D eigenvalue weighted by Gasteiger charge is -2.41. The van der Waals surface area contributed by atoms with Crippen molar-refractivity contribution in [3.8, 4) is 0 Å². The normalized spacial score (nSPS) is 22.9. The molecule has 2 fully saturated rings. The molecule has 1 aliphatic carbocycles. The minimum Gasteiger partial charge on any atom is -0.325 e. The molecule has 0 bridgehead atoms. The average molecular weight is 438 g/mol. The summed E-state index contributed by atoms with van der Waals surface area (Å²) >= 11 is 1.59. The van der Waals surface area contributed by atoms with Gasteiger partial charge in [0.1, 0.15) is 0 Å². The van der Waals surface area contributed by atoms with E-state index >= 15 is 0 Å². The molecule has 160 valence electrons. The molecule has 0 aromatic heterocycles. The SMILES string of the molecule is CN(C1CCCCC1)C1CCN(S(=O)(=O)c2ccc3c(c2)NC(=O)CCS3)CC1. The van der Waals surface area contributed by atoms with Crippen molar-refractivity contribution in [1.29, 1.82) is 0 Å². The molecule has 3 aliphatic rings. The zero-order valence-electron chi connectivity index (χ0n) is 17.1. The second kappa shape index (κ2) is 8.96. The van der Waals surface area contributed by atoms with Crippen molar-refractivity contribution in [3.63, 3.8) is 0 Å². The van der Waals surface area contributed by atoms with Crippen LogP contribution < -0.4 is 5.32 Å². The van der Waals surface area contributed by atoms with E-state index < -0.39 is 10.0 Å². The summed E-state index contributed by atoms with van der Waals surface area (Å²) in [6.45, 7) is 1.12. The van der Waals surface area contributed by atoms with E-state index in [4.69, 9.17) is 0 Å². The van der Waals surface area contributed by atoms with Gasteiger partial charge in [0.25, 0.3) is 0 Å². The van der Waals surface area contributed by atoms with E-state index in [9.17, 15) is 13.2 Å². The number of hydrogen-bond donors (Lipinski definition) is 1. The first-order chi connectivity index (χ1) is 13.9. The Balaban J connectivity index is 1.43. The third kappa shape index (κ3) is 4.65. The lowest BCUT2D eigenvalue weighted by molar-refractivity contribution is -0.115. The third-order valence-corrected chi connectivity index (χ3v) is 9.57. The van der Waals surface area contributed by atoms with E-state index in [0.717, 1.165) is 17.7 Å². The Kier molecular flexibility index (Phi) is 6.53. The summed E-state index contributed by atoms with van der Waals surface area (Å²) in [6.07, 6.45) is 8.73. The van der Waals surface area contributed by atoms with Crippen LogP contribution in [0.15, 0.2) is 28.0 Å². The fourth-order valence-electron chi connectivity index (χ4n) is 4.78. The van der Waals surface area contributed by atoms with Crippen molar-refractivity contribution >= 4 is 33.4 Å². The first-order valence-corrected chi connectivity index (χ1v) is 13.2. The zero-order valence-corrected chi connectivity index (χ0v) is 18.7. The van der Waals surface area contributed by atoms with Gasteiger partial charge in [0, 0.05) is 42.2 Å². The van der Waals surface area contributed by atoms with Gasteiger partial charge < -0.3 is 10.2 Å². The largest absolute Gasteiger partial charge is 0.325 e. The summed E-state index contributed by atoms with van der Waals surface area (Å²) in [4.78, 5) is 15.6. The van der Waals surface area contributed by atoms with E-state index in [1.165, 1.54) is 32.1 Å².